The van der Waals surface area contributed by atoms with E-state index in [2.05, 4.69) is 5.32 Å². The van der Waals surface area contributed by atoms with E-state index >= 15 is 0 Å². The average molecular weight is 298 g/mol. The third-order valence-corrected chi connectivity index (χ3v) is 4.42. The second-order valence-corrected chi connectivity index (χ2v) is 7.59. The first-order chi connectivity index (χ1) is 9.21. The van der Waals surface area contributed by atoms with Crippen LogP contribution in [0.4, 0.5) is 0 Å². The van der Waals surface area contributed by atoms with Crippen molar-refractivity contribution in [1.29, 1.82) is 0 Å². The SMILES string of the molecule is CC(C)(N)C(=O)NCCCS(=O)(=O)Cc1ccccc1. The topological polar surface area (TPSA) is 89.3 Å². The minimum atomic E-state index is -3.15. The molecule has 0 aromatic heterocycles. The van der Waals surface area contributed by atoms with Crippen molar-refractivity contribution < 1.29 is 13.2 Å². The van der Waals surface area contributed by atoms with Gasteiger partial charge in [0.05, 0.1) is 17.0 Å². The molecule has 0 aliphatic carbocycles. The minimum Gasteiger partial charge on any atom is -0.354 e. The highest BCUT2D eigenvalue weighted by Crippen LogP contribution is 2.07. The number of amides is 1. The summed E-state index contributed by atoms with van der Waals surface area (Å²) in [5, 5.41) is 2.63. The Labute approximate surface area is 120 Å². The van der Waals surface area contributed by atoms with Crippen LogP contribution in [0, 0.1) is 0 Å². The Morgan fingerprint density at radius 1 is 1.25 bits per heavy atom. The van der Waals surface area contributed by atoms with E-state index in [1.807, 2.05) is 18.2 Å². The number of carbonyl (C=O) groups is 1. The van der Waals surface area contributed by atoms with Crippen LogP contribution < -0.4 is 11.1 Å². The zero-order valence-electron chi connectivity index (χ0n) is 11.9. The standard InChI is InChI=1S/C14H22N2O3S/c1-14(2,15)13(17)16-9-6-10-20(18,19)11-12-7-4-3-5-8-12/h3-5,7-8H,6,9-11,15H2,1-2H3,(H,16,17). The number of rotatable bonds is 7. The van der Waals surface area contributed by atoms with Gasteiger partial charge in [-0.15, -0.1) is 0 Å². The first kappa shape index (κ1) is 16.7. The van der Waals surface area contributed by atoms with Crippen molar-refractivity contribution in [2.45, 2.75) is 31.6 Å². The Morgan fingerprint density at radius 2 is 1.85 bits per heavy atom. The zero-order valence-corrected chi connectivity index (χ0v) is 12.7. The van der Waals surface area contributed by atoms with Crippen LogP contribution in [0.2, 0.25) is 0 Å². The molecule has 1 amide bonds. The molecule has 5 nitrogen and oxygen atoms in total. The van der Waals surface area contributed by atoms with E-state index < -0.39 is 15.4 Å². The van der Waals surface area contributed by atoms with Crippen LogP contribution in [-0.2, 0) is 20.4 Å². The van der Waals surface area contributed by atoms with E-state index in [0.717, 1.165) is 5.56 Å². The van der Waals surface area contributed by atoms with Gasteiger partial charge in [-0.05, 0) is 25.8 Å². The summed E-state index contributed by atoms with van der Waals surface area (Å²) < 4.78 is 23.8. The lowest BCUT2D eigenvalue weighted by molar-refractivity contribution is -0.125. The number of hydrogen-bond acceptors (Lipinski definition) is 4. The van der Waals surface area contributed by atoms with Crippen molar-refractivity contribution in [1.82, 2.24) is 5.32 Å². The molecule has 20 heavy (non-hydrogen) atoms. The Kier molecular flexibility index (Phi) is 5.71. The van der Waals surface area contributed by atoms with E-state index in [4.69, 9.17) is 5.73 Å². The Morgan fingerprint density at radius 3 is 2.40 bits per heavy atom. The van der Waals surface area contributed by atoms with Crippen LogP contribution in [0.1, 0.15) is 25.8 Å². The van der Waals surface area contributed by atoms with Crippen molar-refractivity contribution in [2.75, 3.05) is 12.3 Å². The van der Waals surface area contributed by atoms with Crippen LogP contribution in [0.3, 0.4) is 0 Å². The van der Waals surface area contributed by atoms with E-state index in [0.29, 0.717) is 13.0 Å². The molecule has 0 fully saturated rings. The molecule has 6 heteroatoms. The summed E-state index contributed by atoms with van der Waals surface area (Å²) in [5.41, 5.74) is 5.45. The van der Waals surface area contributed by atoms with Gasteiger partial charge in [0.1, 0.15) is 0 Å². The lowest BCUT2D eigenvalue weighted by atomic mass is 10.1. The lowest BCUT2D eigenvalue weighted by Crippen LogP contribution is -2.49. The summed E-state index contributed by atoms with van der Waals surface area (Å²) in [6, 6.07) is 9.05. The quantitative estimate of drug-likeness (QED) is 0.730. The van der Waals surface area contributed by atoms with E-state index in [-0.39, 0.29) is 17.4 Å². The van der Waals surface area contributed by atoms with Crippen molar-refractivity contribution in [3.63, 3.8) is 0 Å². The summed E-state index contributed by atoms with van der Waals surface area (Å²) in [5.74, 6) is -0.199. The molecule has 0 saturated heterocycles. The molecule has 0 heterocycles. The molecular formula is C14H22N2O3S. The summed E-state index contributed by atoms with van der Waals surface area (Å²) in [6.07, 6.45) is 0.386. The fraction of sp³-hybridized carbons (Fsp3) is 0.500. The second kappa shape index (κ2) is 6.85. The third kappa shape index (κ3) is 6.16. The van der Waals surface area contributed by atoms with Gasteiger partial charge < -0.3 is 11.1 Å². The summed E-state index contributed by atoms with van der Waals surface area (Å²) in [6.45, 7) is 3.52. The van der Waals surface area contributed by atoms with Crippen molar-refractivity contribution in [2.24, 2.45) is 5.73 Å². The van der Waals surface area contributed by atoms with Gasteiger partial charge in [0.2, 0.25) is 5.91 Å². The average Bonchev–Trinajstić information content (AvgIpc) is 2.34. The predicted octanol–water partition coefficient (Wildman–Crippen LogP) is 0.845. The van der Waals surface area contributed by atoms with Crippen LogP contribution in [0.15, 0.2) is 30.3 Å². The van der Waals surface area contributed by atoms with Crippen LogP contribution >= 0.6 is 0 Å². The molecule has 0 saturated carbocycles. The van der Waals surface area contributed by atoms with E-state index in [9.17, 15) is 13.2 Å². The Balaban J connectivity index is 2.36. The molecule has 0 spiro atoms. The van der Waals surface area contributed by atoms with Crippen LogP contribution in [0.25, 0.3) is 0 Å². The smallest absolute Gasteiger partial charge is 0.239 e. The van der Waals surface area contributed by atoms with Crippen molar-refractivity contribution in [3.05, 3.63) is 35.9 Å². The summed E-state index contributed by atoms with van der Waals surface area (Å²) in [4.78, 5) is 11.5. The fourth-order valence-electron chi connectivity index (χ4n) is 1.62. The highest BCUT2D eigenvalue weighted by molar-refractivity contribution is 7.90. The van der Waals surface area contributed by atoms with Crippen LogP contribution in [0.5, 0.6) is 0 Å². The highest BCUT2D eigenvalue weighted by atomic mass is 32.2. The van der Waals surface area contributed by atoms with E-state index in [1.165, 1.54) is 0 Å². The van der Waals surface area contributed by atoms with Gasteiger partial charge in [-0.2, -0.15) is 0 Å². The lowest BCUT2D eigenvalue weighted by Gasteiger charge is -2.17. The first-order valence-corrected chi connectivity index (χ1v) is 8.34. The molecule has 0 bridgehead atoms. The normalized spacial score (nSPS) is 12.2. The van der Waals surface area contributed by atoms with Crippen LogP contribution in [-0.4, -0.2) is 32.2 Å². The summed E-state index contributed by atoms with van der Waals surface area (Å²) in [7, 11) is -3.15. The molecular weight excluding hydrogens is 276 g/mol. The van der Waals surface area contributed by atoms with E-state index in [1.54, 1.807) is 26.0 Å². The van der Waals surface area contributed by atoms with Gasteiger partial charge >= 0.3 is 0 Å². The highest BCUT2D eigenvalue weighted by Gasteiger charge is 2.21. The molecule has 0 unspecified atom stereocenters. The first-order valence-electron chi connectivity index (χ1n) is 6.52. The van der Waals surface area contributed by atoms with Crippen molar-refractivity contribution >= 4 is 15.7 Å². The fourth-order valence-corrected chi connectivity index (χ4v) is 3.05. The molecule has 1 aromatic rings. The number of nitrogens with one attached hydrogen (secondary N) is 1. The van der Waals surface area contributed by atoms with Gasteiger partial charge in [0, 0.05) is 6.54 Å². The summed E-state index contributed by atoms with van der Waals surface area (Å²) >= 11 is 0. The number of nitrogens with two attached hydrogens (primary N) is 1. The molecule has 112 valence electrons. The largest absolute Gasteiger partial charge is 0.354 e. The molecule has 1 rings (SSSR count). The number of benzene rings is 1. The molecule has 0 atom stereocenters. The van der Waals surface area contributed by atoms with Gasteiger partial charge in [-0.3, -0.25) is 4.79 Å². The molecule has 1 aromatic carbocycles. The molecule has 0 aliphatic heterocycles. The van der Waals surface area contributed by atoms with Gasteiger partial charge in [0.25, 0.3) is 0 Å². The maximum absolute atomic E-state index is 11.9. The molecule has 3 N–H and O–H groups in total. The maximum Gasteiger partial charge on any atom is 0.239 e. The monoisotopic (exact) mass is 298 g/mol. The Bertz CT molecular complexity index is 533. The van der Waals surface area contributed by atoms with Gasteiger partial charge in [0.15, 0.2) is 9.84 Å². The third-order valence-electron chi connectivity index (χ3n) is 2.73. The van der Waals surface area contributed by atoms with Gasteiger partial charge in [-0.25, -0.2) is 8.42 Å². The second-order valence-electron chi connectivity index (χ2n) is 5.41. The maximum atomic E-state index is 11.9. The number of sulfone groups is 1. The zero-order chi connectivity index (χ0) is 15.2. The van der Waals surface area contributed by atoms with Gasteiger partial charge in [-0.1, -0.05) is 30.3 Å². The Hall–Kier alpha value is -1.40. The minimum absolute atomic E-state index is 0.0319. The molecule has 0 radical (unpaired) electrons. The number of hydrogen-bond donors (Lipinski definition) is 2. The predicted molar refractivity (Wildman–Crippen MR) is 79.8 cm³/mol. The number of carbonyl (C=O) groups excluding carboxylic acids is 1. The molecule has 0 aliphatic rings. The van der Waals surface area contributed by atoms with Crippen molar-refractivity contribution in [3.8, 4) is 0 Å².